The van der Waals surface area contributed by atoms with Gasteiger partial charge in [0.2, 0.25) is 0 Å². The van der Waals surface area contributed by atoms with Gasteiger partial charge in [-0.25, -0.2) is 0 Å². The largest absolute Gasteiger partial charge is 0.341 e. The molecule has 1 aliphatic carbocycles. The minimum Gasteiger partial charge on any atom is -0.341 e. The Bertz CT molecular complexity index is 1760. The number of aryl methyl sites for hydroxylation is 2. The fraction of sp³-hybridized carbons (Fsp3) is 0.289. The van der Waals surface area contributed by atoms with Crippen LogP contribution >= 0.6 is 0 Å². The summed E-state index contributed by atoms with van der Waals surface area (Å²) < 4.78 is 0. The van der Waals surface area contributed by atoms with Crippen LogP contribution in [-0.4, -0.2) is 33.0 Å². The van der Waals surface area contributed by atoms with E-state index < -0.39 is 0 Å². The van der Waals surface area contributed by atoms with Gasteiger partial charge in [0, 0.05) is 90.8 Å². The molecule has 6 aromatic rings. The summed E-state index contributed by atoms with van der Waals surface area (Å²) in [5, 5.41) is 0. The zero-order valence-electron chi connectivity index (χ0n) is 30.0. The maximum absolute atomic E-state index is 4.26. The fourth-order valence-corrected chi connectivity index (χ4v) is 8.04. The number of pyridine rings is 4. The summed E-state index contributed by atoms with van der Waals surface area (Å²) in [6, 6.07) is 31.1. The third-order valence-corrected chi connectivity index (χ3v) is 10.5. The lowest BCUT2D eigenvalue weighted by Gasteiger charge is -2.33. The molecule has 0 aliphatic heterocycles. The van der Waals surface area contributed by atoms with Gasteiger partial charge in [-0.2, -0.15) is 0 Å². The van der Waals surface area contributed by atoms with E-state index in [2.05, 4.69) is 129 Å². The highest BCUT2D eigenvalue weighted by molar-refractivity contribution is 5.81. The van der Waals surface area contributed by atoms with Crippen molar-refractivity contribution in [3.63, 3.8) is 0 Å². The predicted octanol–water partition coefficient (Wildman–Crippen LogP) is 10.9. The van der Waals surface area contributed by atoms with E-state index in [0.717, 1.165) is 38.8 Å². The lowest BCUT2D eigenvalue weighted by atomic mass is 9.70. The zero-order chi connectivity index (χ0) is 34.9. The summed E-state index contributed by atoms with van der Waals surface area (Å²) in [6.45, 7) is 6.41. The number of nitrogens with zero attached hydrogens (tertiary/aromatic N) is 6. The molecule has 0 spiro atoms. The van der Waals surface area contributed by atoms with Gasteiger partial charge in [0.1, 0.15) is 0 Å². The van der Waals surface area contributed by atoms with Crippen LogP contribution in [0.2, 0.25) is 0 Å². The number of fused-ring (bicyclic) bond motifs is 3. The Morgan fingerprint density at radius 2 is 0.745 bits per heavy atom. The minimum atomic E-state index is 0.0223. The van der Waals surface area contributed by atoms with Crippen molar-refractivity contribution in [1.29, 1.82) is 0 Å². The maximum Gasteiger partial charge on any atom is 0.0441 e. The summed E-state index contributed by atoms with van der Waals surface area (Å²) in [4.78, 5) is 21.8. The van der Waals surface area contributed by atoms with Crippen LogP contribution in [0.5, 0.6) is 0 Å². The van der Waals surface area contributed by atoms with Crippen LogP contribution in [0.1, 0.15) is 73.6 Å². The van der Waals surface area contributed by atoms with Gasteiger partial charge in [-0.15, -0.1) is 0 Å². The Kier molecular flexibility index (Phi) is 10.8. The van der Waals surface area contributed by atoms with Crippen molar-refractivity contribution < 1.29 is 0 Å². The topological polar surface area (TPSA) is 58.0 Å². The number of anilines is 4. The quantitative estimate of drug-likeness (QED) is 0.0954. The molecule has 0 saturated carbocycles. The Morgan fingerprint density at radius 1 is 0.412 bits per heavy atom. The molecule has 6 heteroatoms. The minimum absolute atomic E-state index is 0.0223. The van der Waals surface area contributed by atoms with Crippen molar-refractivity contribution in [2.75, 3.05) is 22.9 Å². The van der Waals surface area contributed by atoms with Gasteiger partial charge >= 0.3 is 0 Å². The molecule has 0 fully saturated rings. The molecule has 0 amide bonds. The average molecular weight is 673 g/mol. The molecule has 0 atom stereocenters. The molecule has 2 aromatic carbocycles. The van der Waals surface area contributed by atoms with Gasteiger partial charge in [0.05, 0.1) is 0 Å². The van der Waals surface area contributed by atoms with E-state index in [1.54, 1.807) is 0 Å². The highest BCUT2D eigenvalue weighted by atomic mass is 15.1. The third-order valence-electron chi connectivity index (χ3n) is 10.5. The molecule has 0 saturated heterocycles. The molecule has 4 heterocycles. The standard InChI is InChI=1S/C45H48N6/c1-35-9-11-41-42-12-10-36(2)34-44(42)45(43(41)33-35,21-5-3-7-31-50(37-13-23-46-24-14-37)38-15-25-47-26-16-38)22-6-4-8-32-51(39-17-27-48-28-18-39)40-19-29-49-30-20-40/h9-20,23-30,33-34H,3-8,21-22,31-32H2,1-2H3. The molecule has 0 unspecified atom stereocenters. The Balaban J connectivity index is 1.07. The Hall–Kier alpha value is -5.36. The molecule has 0 N–H and O–H groups in total. The second-order valence-electron chi connectivity index (χ2n) is 13.9. The third kappa shape index (κ3) is 7.70. The van der Waals surface area contributed by atoms with Crippen molar-refractivity contribution in [2.24, 2.45) is 0 Å². The molecule has 1 aliphatic rings. The molecule has 7 rings (SSSR count). The van der Waals surface area contributed by atoms with Crippen LogP contribution in [0.3, 0.4) is 0 Å². The van der Waals surface area contributed by atoms with E-state index in [4.69, 9.17) is 0 Å². The van der Waals surface area contributed by atoms with Crippen LogP contribution in [0.4, 0.5) is 22.7 Å². The highest BCUT2D eigenvalue weighted by Gasteiger charge is 2.42. The maximum atomic E-state index is 4.26. The number of unbranched alkanes of at least 4 members (excludes halogenated alkanes) is 4. The smallest absolute Gasteiger partial charge is 0.0441 e. The van der Waals surface area contributed by atoms with Crippen LogP contribution in [0.15, 0.2) is 135 Å². The van der Waals surface area contributed by atoms with E-state index in [0.29, 0.717) is 0 Å². The molecular formula is C45H48N6. The molecule has 51 heavy (non-hydrogen) atoms. The van der Waals surface area contributed by atoms with E-state index >= 15 is 0 Å². The van der Waals surface area contributed by atoms with E-state index in [1.165, 1.54) is 81.8 Å². The van der Waals surface area contributed by atoms with E-state index in [-0.39, 0.29) is 5.41 Å². The second kappa shape index (κ2) is 16.1. The van der Waals surface area contributed by atoms with Gasteiger partial charge in [0.15, 0.2) is 0 Å². The first-order valence-corrected chi connectivity index (χ1v) is 18.5. The zero-order valence-corrected chi connectivity index (χ0v) is 30.0. The first-order valence-electron chi connectivity index (χ1n) is 18.5. The Morgan fingerprint density at radius 3 is 1.08 bits per heavy atom. The second-order valence-corrected chi connectivity index (χ2v) is 13.9. The normalized spacial score (nSPS) is 12.7. The molecular weight excluding hydrogens is 625 g/mol. The summed E-state index contributed by atoms with van der Waals surface area (Å²) in [5.74, 6) is 0. The van der Waals surface area contributed by atoms with Gasteiger partial charge in [-0.3, -0.25) is 19.9 Å². The molecule has 0 radical (unpaired) electrons. The predicted molar refractivity (Wildman–Crippen MR) is 210 cm³/mol. The Labute approximate surface area is 303 Å². The van der Waals surface area contributed by atoms with Crippen molar-refractivity contribution in [2.45, 2.75) is 70.6 Å². The van der Waals surface area contributed by atoms with Crippen LogP contribution in [0, 0.1) is 13.8 Å². The fourth-order valence-electron chi connectivity index (χ4n) is 8.04. The first-order chi connectivity index (χ1) is 25.1. The number of hydrogen-bond acceptors (Lipinski definition) is 6. The van der Waals surface area contributed by atoms with Crippen LogP contribution < -0.4 is 9.80 Å². The van der Waals surface area contributed by atoms with Gasteiger partial charge in [0.25, 0.3) is 0 Å². The van der Waals surface area contributed by atoms with Gasteiger partial charge in [-0.1, -0.05) is 73.2 Å². The summed E-state index contributed by atoms with van der Waals surface area (Å²) in [5.41, 5.74) is 13.3. The summed E-state index contributed by atoms with van der Waals surface area (Å²) >= 11 is 0. The number of hydrogen-bond donors (Lipinski definition) is 0. The molecule has 0 bridgehead atoms. The van der Waals surface area contributed by atoms with Gasteiger partial charge in [-0.05, 0) is 110 Å². The monoisotopic (exact) mass is 672 g/mol. The number of rotatable bonds is 16. The number of aromatic nitrogens is 4. The van der Waals surface area contributed by atoms with Crippen molar-refractivity contribution >= 4 is 22.7 Å². The van der Waals surface area contributed by atoms with Crippen LogP contribution in [0.25, 0.3) is 11.1 Å². The summed E-state index contributed by atoms with van der Waals surface area (Å²) in [6.07, 6.45) is 24.3. The van der Waals surface area contributed by atoms with Crippen molar-refractivity contribution in [3.05, 3.63) is 157 Å². The average Bonchev–Trinajstić information content (AvgIpc) is 3.43. The van der Waals surface area contributed by atoms with Gasteiger partial charge < -0.3 is 9.80 Å². The van der Waals surface area contributed by atoms with E-state index in [1.807, 2.05) is 49.6 Å². The van der Waals surface area contributed by atoms with E-state index in [9.17, 15) is 0 Å². The lowest BCUT2D eigenvalue weighted by Crippen LogP contribution is -2.26. The van der Waals surface area contributed by atoms with Crippen molar-refractivity contribution in [1.82, 2.24) is 19.9 Å². The first kappa shape index (κ1) is 34.1. The SMILES string of the molecule is Cc1ccc2c(c1)C(CCCCCN(c1ccncc1)c1ccncc1)(CCCCCN(c1ccncc1)c1ccncc1)c1cc(C)ccc1-2. The van der Waals surface area contributed by atoms with Crippen molar-refractivity contribution in [3.8, 4) is 11.1 Å². The highest BCUT2D eigenvalue weighted by Crippen LogP contribution is 2.54. The molecule has 4 aromatic heterocycles. The number of benzene rings is 2. The van der Waals surface area contributed by atoms with Crippen LogP contribution in [-0.2, 0) is 5.41 Å². The molecule has 258 valence electrons. The lowest BCUT2D eigenvalue weighted by molar-refractivity contribution is 0.402. The summed E-state index contributed by atoms with van der Waals surface area (Å²) in [7, 11) is 0. The molecule has 6 nitrogen and oxygen atoms in total.